The lowest BCUT2D eigenvalue weighted by Gasteiger charge is -2.53. The van der Waals surface area contributed by atoms with Crippen LogP contribution in [0.25, 0.3) is 0 Å². The number of rotatable bonds is 2. The van der Waals surface area contributed by atoms with Crippen molar-refractivity contribution in [1.29, 1.82) is 0 Å². The average Bonchev–Trinajstić information content (AvgIpc) is 2.45. The first-order valence-corrected chi connectivity index (χ1v) is 8.83. The van der Waals surface area contributed by atoms with E-state index in [-0.39, 0.29) is 17.1 Å². The van der Waals surface area contributed by atoms with Gasteiger partial charge in [0.2, 0.25) is 0 Å². The van der Waals surface area contributed by atoms with E-state index in [1.54, 1.807) is 19.9 Å². The Hall–Kier alpha value is -1.55. The molecule has 3 rings (SSSR count). The van der Waals surface area contributed by atoms with E-state index >= 15 is 0 Å². The van der Waals surface area contributed by atoms with Gasteiger partial charge in [0.25, 0.3) is 0 Å². The van der Waals surface area contributed by atoms with Gasteiger partial charge in [-0.3, -0.25) is 4.79 Å². The Morgan fingerprint density at radius 1 is 1.25 bits per heavy atom. The van der Waals surface area contributed by atoms with Crippen molar-refractivity contribution in [1.82, 2.24) is 0 Å². The van der Waals surface area contributed by atoms with E-state index in [1.807, 2.05) is 13.0 Å². The zero-order valence-corrected chi connectivity index (χ0v) is 15.0. The normalized spacial score (nSPS) is 32.8. The molecule has 0 aliphatic heterocycles. The number of hydrogen-bond acceptors (Lipinski definition) is 3. The highest BCUT2D eigenvalue weighted by Crippen LogP contribution is 2.59. The molecule has 3 N–H and O–H groups in total. The molecule has 132 valence electrons. The molecule has 1 aromatic carbocycles. The number of carboxylic acids is 1. The number of carbonyl (C=O) groups is 1. The van der Waals surface area contributed by atoms with Gasteiger partial charge in [0.1, 0.15) is 5.75 Å². The zero-order valence-electron chi connectivity index (χ0n) is 15.0. The SMILES string of the molecule is CC(C)(O)c1cc(O)c2c(c1)CCC1C(C)(C(=O)O)CCCC21C. The lowest BCUT2D eigenvalue weighted by molar-refractivity contribution is -0.157. The fraction of sp³-hybridized carbons (Fsp3) is 0.650. The van der Waals surface area contributed by atoms with Gasteiger partial charge in [0.05, 0.1) is 11.0 Å². The summed E-state index contributed by atoms with van der Waals surface area (Å²) in [5.74, 6) is -0.511. The lowest BCUT2D eigenvalue weighted by atomic mass is 9.49. The third-order valence-corrected chi connectivity index (χ3v) is 6.60. The van der Waals surface area contributed by atoms with Crippen LogP contribution in [0.3, 0.4) is 0 Å². The number of benzene rings is 1. The van der Waals surface area contributed by atoms with Crippen molar-refractivity contribution < 1.29 is 20.1 Å². The maximum Gasteiger partial charge on any atom is 0.309 e. The van der Waals surface area contributed by atoms with E-state index in [0.717, 1.165) is 36.8 Å². The standard InChI is InChI=1S/C20H28O4/c1-18(2,24)13-10-12-6-7-15-19(3,16(12)14(21)11-13)8-5-9-20(15,4)17(22)23/h10-11,15,21,24H,5-9H2,1-4H3,(H,22,23). The highest BCUT2D eigenvalue weighted by molar-refractivity contribution is 5.75. The van der Waals surface area contributed by atoms with Crippen LogP contribution < -0.4 is 0 Å². The molecule has 0 amide bonds. The van der Waals surface area contributed by atoms with Gasteiger partial charge in [-0.05, 0) is 69.6 Å². The van der Waals surface area contributed by atoms with Gasteiger partial charge < -0.3 is 15.3 Å². The molecule has 3 unspecified atom stereocenters. The number of hydrogen-bond donors (Lipinski definition) is 3. The van der Waals surface area contributed by atoms with Crippen molar-refractivity contribution in [2.75, 3.05) is 0 Å². The number of aliphatic carboxylic acids is 1. The van der Waals surface area contributed by atoms with E-state index in [4.69, 9.17) is 0 Å². The van der Waals surface area contributed by atoms with Crippen molar-refractivity contribution in [2.45, 2.75) is 70.8 Å². The largest absolute Gasteiger partial charge is 0.508 e. The Morgan fingerprint density at radius 2 is 1.92 bits per heavy atom. The maximum absolute atomic E-state index is 12.0. The number of aliphatic hydroxyl groups is 1. The van der Waals surface area contributed by atoms with E-state index in [9.17, 15) is 20.1 Å². The summed E-state index contributed by atoms with van der Waals surface area (Å²) in [4.78, 5) is 12.0. The Morgan fingerprint density at radius 3 is 2.50 bits per heavy atom. The predicted molar refractivity (Wildman–Crippen MR) is 92.1 cm³/mol. The van der Waals surface area contributed by atoms with Crippen molar-refractivity contribution in [3.63, 3.8) is 0 Å². The summed E-state index contributed by atoms with van der Waals surface area (Å²) in [5.41, 5.74) is 0.580. The number of aryl methyl sites for hydroxylation is 1. The monoisotopic (exact) mass is 332 g/mol. The molecule has 3 atom stereocenters. The first-order valence-electron chi connectivity index (χ1n) is 8.83. The van der Waals surface area contributed by atoms with Gasteiger partial charge in [-0.15, -0.1) is 0 Å². The molecule has 0 bridgehead atoms. The predicted octanol–water partition coefficient (Wildman–Crippen LogP) is 3.71. The first-order chi connectivity index (χ1) is 11.0. The Bertz CT molecular complexity index is 688. The number of fused-ring (bicyclic) bond motifs is 3. The molecular formula is C20H28O4. The van der Waals surface area contributed by atoms with Crippen LogP contribution in [-0.2, 0) is 22.2 Å². The first kappa shape index (κ1) is 17.3. The highest BCUT2D eigenvalue weighted by atomic mass is 16.4. The van der Waals surface area contributed by atoms with Crippen LogP contribution in [0.2, 0.25) is 0 Å². The molecule has 0 heterocycles. The van der Waals surface area contributed by atoms with E-state index in [1.165, 1.54) is 0 Å². The van der Waals surface area contributed by atoms with Crippen LogP contribution in [0, 0.1) is 11.3 Å². The number of carboxylic acid groups (broad SMARTS) is 1. The van der Waals surface area contributed by atoms with Crippen LogP contribution in [0.5, 0.6) is 5.75 Å². The van der Waals surface area contributed by atoms with E-state index in [2.05, 4.69) is 6.92 Å². The van der Waals surface area contributed by atoms with Crippen LogP contribution in [-0.4, -0.2) is 21.3 Å². The second kappa shape index (κ2) is 5.22. The number of aromatic hydroxyl groups is 1. The fourth-order valence-corrected chi connectivity index (χ4v) is 5.26. The fourth-order valence-electron chi connectivity index (χ4n) is 5.26. The molecule has 1 saturated carbocycles. The third-order valence-electron chi connectivity index (χ3n) is 6.60. The quantitative estimate of drug-likeness (QED) is 0.771. The van der Waals surface area contributed by atoms with Crippen LogP contribution >= 0.6 is 0 Å². The van der Waals surface area contributed by atoms with Gasteiger partial charge in [0.15, 0.2) is 0 Å². The molecule has 4 nitrogen and oxygen atoms in total. The number of phenolic OH excluding ortho intramolecular Hbond substituents is 1. The smallest absolute Gasteiger partial charge is 0.309 e. The van der Waals surface area contributed by atoms with Crippen LogP contribution in [0.4, 0.5) is 0 Å². The molecule has 1 aromatic rings. The summed E-state index contributed by atoms with van der Waals surface area (Å²) in [6.45, 7) is 7.40. The zero-order chi connectivity index (χ0) is 17.9. The van der Waals surface area contributed by atoms with Crippen molar-refractivity contribution >= 4 is 5.97 Å². The second-order valence-electron chi connectivity index (χ2n) is 8.67. The molecule has 1 fully saturated rings. The van der Waals surface area contributed by atoms with Crippen LogP contribution in [0.15, 0.2) is 12.1 Å². The molecule has 0 saturated heterocycles. The summed E-state index contributed by atoms with van der Waals surface area (Å²) in [6, 6.07) is 3.64. The van der Waals surface area contributed by atoms with Gasteiger partial charge >= 0.3 is 5.97 Å². The summed E-state index contributed by atoms with van der Waals surface area (Å²) >= 11 is 0. The molecular weight excluding hydrogens is 304 g/mol. The van der Waals surface area contributed by atoms with Crippen molar-refractivity contribution in [3.05, 3.63) is 28.8 Å². The molecule has 2 aliphatic rings. The van der Waals surface area contributed by atoms with E-state index in [0.29, 0.717) is 12.0 Å². The highest BCUT2D eigenvalue weighted by Gasteiger charge is 2.56. The van der Waals surface area contributed by atoms with Gasteiger partial charge in [0, 0.05) is 11.0 Å². The minimum Gasteiger partial charge on any atom is -0.508 e. The summed E-state index contributed by atoms with van der Waals surface area (Å²) in [6.07, 6.45) is 3.99. The molecule has 4 heteroatoms. The molecule has 0 radical (unpaired) electrons. The van der Waals surface area contributed by atoms with Gasteiger partial charge in [-0.2, -0.15) is 0 Å². The molecule has 2 aliphatic carbocycles. The van der Waals surface area contributed by atoms with E-state index < -0.39 is 17.0 Å². The second-order valence-corrected chi connectivity index (χ2v) is 8.67. The summed E-state index contributed by atoms with van der Waals surface area (Å²) in [7, 11) is 0. The molecule has 0 aromatic heterocycles. The lowest BCUT2D eigenvalue weighted by Crippen LogP contribution is -2.52. The molecule has 0 spiro atoms. The minimum absolute atomic E-state index is 0.0163. The summed E-state index contributed by atoms with van der Waals surface area (Å²) < 4.78 is 0. The Balaban J connectivity index is 2.16. The molecule has 24 heavy (non-hydrogen) atoms. The third kappa shape index (κ3) is 2.34. The van der Waals surface area contributed by atoms with Gasteiger partial charge in [-0.25, -0.2) is 0 Å². The van der Waals surface area contributed by atoms with Crippen molar-refractivity contribution in [3.8, 4) is 5.75 Å². The summed E-state index contributed by atoms with van der Waals surface area (Å²) in [5, 5.41) is 30.9. The average molecular weight is 332 g/mol. The minimum atomic E-state index is -1.01. The maximum atomic E-state index is 12.0. The van der Waals surface area contributed by atoms with Crippen LogP contribution in [0.1, 0.15) is 70.1 Å². The number of phenols is 1. The van der Waals surface area contributed by atoms with Crippen molar-refractivity contribution in [2.24, 2.45) is 11.3 Å². The topological polar surface area (TPSA) is 77.8 Å². The van der Waals surface area contributed by atoms with Gasteiger partial charge in [-0.1, -0.05) is 19.4 Å². The Labute approximate surface area is 143 Å². The Kier molecular flexibility index (Phi) is 3.76.